The van der Waals surface area contributed by atoms with E-state index in [-0.39, 0.29) is 16.9 Å². The summed E-state index contributed by atoms with van der Waals surface area (Å²) in [5.74, 6) is 0.445. The summed E-state index contributed by atoms with van der Waals surface area (Å²) in [4.78, 5) is 26.3. The second kappa shape index (κ2) is 9.80. The van der Waals surface area contributed by atoms with Crippen LogP contribution in [0.3, 0.4) is 0 Å². The number of para-hydroxylation sites is 1. The number of benzene rings is 1. The number of amides is 1. The number of hydrogen-bond acceptors (Lipinski definition) is 8. The lowest BCUT2D eigenvalue weighted by Gasteiger charge is -2.18. The topological polar surface area (TPSA) is 107 Å². The summed E-state index contributed by atoms with van der Waals surface area (Å²) in [6, 6.07) is 10.3. The van der Waals surface area contributed by atoms with Gasteiger partial charge in [-0.1, -0.05) is 49.7 Å². The van der Waals surface area contributed by atoms with E-state index in [1.54, 1.807) is 36.4 Å². The third kappa shape index (κ3) is 4.48. The molecular weight excluding hydrogens is 454 g/mol. The van der Waals surface area contributed by atoms with Gasteiger partial charge in [-0.3, -0.25) is 14.9 Å². The molecule has 1 aromatic carbocycles. The Kier molecular flexibility index (Phi) is 6.44. The molecule has 3 heterocycles. The maximum absolute atomic E-state index is 13.3. The summed E-state index contributed by atoms with van der Waals surface area (Å²) in [6.07, 6.45) is 6.76. The molecule has 0 bridgehead atoms. The van der Waals surface area contributed by atoms with Crippen LogP contribution in [0, 0.1) is 0 Å². The fraction of sp³-hybridized carbons (Fsp3) is 0.360. The van der Waals surface area contributed by atoms with Crippen LogP contribution in [0.5, 0.6) is 5.75 Å². The van der Waals surface area contributed by atoms with Crippen molar-refractivity contribution >= 4 is 33.3 Å². The average molecular weight is 480 g/mol. The fourth-order valence-corrected chi connectivity index (χ4v) is 5.17. The number of furan rings is 1. The molecule has 0 saturated heterocycles. The first-order valence-corrected chi connectivity index (χ1v) is 12.4. The van der Waals surface area contributed by atoms with Gasteiger partial charge in [-0.25, -0.2) is 0 Å². The van der Waals surface area contributed by atoms with Crippen molar-refractivity contribution in [2.24, 2.45) is 0 Å². The van der Waals surface area contributed by atoms with Gasteiger partial charge in [0, 0.05) is 5.92 Å². The zero-order valence-corrected chi connectivity index (χ0v) is 19.6. The molecule has 0 spiro atoms. The first kappa shape index (κ1) is 22.3. The van der Waals surface area contributed by atoms with Gasteiger partial charge in [-0.2, -0.15) is 0 Å². The van der Waals surface area contributed by atoms with Crippen LogP contribution >= 0.6 is 11.3 Å². The third-order valence-corrected chi connectivity index (χ3v) is 7.05. The van der Waals surface area contributed by atoms with Crippen molar-refractivity contribution in [3.8, 4) is 17.3 Å². The molecule has 9 heteroatoms. The molecule has 5 rings (SSSR count). The number of nitrogens with zero attached hydrogens (tertiary/aromatic N) is 2. The molecule has 34 heavy (non-hydrogen) atoms. The monoisotopic (exact) mass is 479 g/mol. The number of fused-ring (bicyclic) bond motifs is 1. The van der Waals surface area contributed by atoms with Gasteiger partial charge in [0.25, 0.3) is 5.91 Å². The van der Waals surface area contributed by atoms with Gasteiger partial charge in [0.1, 0.15) is 10.6 Å². The third-order valence-electron chi connectivity index (χ3n) is 6.05. The van der Waals surface area contributed by atoms with Gasteiger partial charge in [-0.05, 0) is 43.5 Å². The molecule has 8 nitrogen and oxygen atoms in total. The molecule has 1 saturated carbocycles. The molecular formula is C25H25N3O5S. The summed E-state index contributed by atoms with van der Waals surface area (Å²) in [5.41, 5.74) is 0.0443. The molecule has 4 aromatic rings. The van der Waals surface area contributed by atoms with E-state index < -0.39 is 12.0 Å². The van der Waals surface area contributed by atoms with E-state index in [4.69, 9.17) is 13.6 Å². The van der Waals surface area contributed by atoms with E-state index in [0.29, 0.717) is 34.2 Å². The quantitative estimate of drug-likeness (QED) is 0.360. The Balaban J connectivity index is 1.40. The van der Waals surface area contributed by atoms with Crippen molar-refractivity contribution in [3.05, 3.63) is 57.9 Å². The SMILES string of the molecule is CCC(Oc1c(-c2ccco2)oc2ccccc2c1=O)C(=O)Nc1nnc(C2CCCCC2)s1. The lowest BCUT2D eigenvalue weighted by Crippen LogP contribution is -2.34. The van der Waals surface area contributed by atoms with Gasteiger partial charge >= 0.3 is 0 Å². The van der Waals surface area contributed by atoms with Gasteiger partial charge in [-0.15, -0.1) is 10.2 Å². The van der Waals surface area contributed by atoms with Crippen LogP contribution in [0.1, 0.15) is 56.4 Å². The first-order valence-electron chi connectivity index (χ1n) is 11.5. The summed E-state index contributed by atoms with van der Waals surface area (Å²) in [5, 5.41) is 13.0. The van der Waals surface area contributed by atoms with Crippen LogP contribution in [0.4, 0.5) is 5.13 Å². The Bertz CT molecular complexity index is 1340. The molecule has 1 unspecified atom stereocenters. The molecule has 1 N–H and O–H groups in total. The van der Waals surface area contributed by atoms with E-state index >= 15 is 0 Å². The van der Waals surface area contributed by atoms with Crippen molar-refractivity contribution in [1.82, 2.24) is 10.2 Å². The van der Waals surface area contributed by atoms with Crippen LogP contribution in [-0.2, 0) is 4.79 Å². The standard InChI is InChI=1S/C25H25N3O5S/c1-2-17(23(30)26-25-28-27-24(34-25)15-9-4-3-5-10-15)32-22-20(29)16-11-6-7-12-18(16)33-21(22)19-13-8-14-31-19/h6-8,11-15,17H,2-5,9-10H2,1H3,(H,26,28,30). The Morgan fingerprint density at radius 2 is 2.00 bits per heavy atom. The summed E-state index contributed by atoms with van der Waals surface area (Å²) in [6.45, 7) is 1.81. The van der Waals surface area contributed by atoms with Crippen molar-refractivity contribution in [3.63, 3.8) is 0 Å². The molecule has 3 aromatic heterocycles. The number of carbonyl (C=O) groups excluding carboxylic acids is 1. The Hall–Kier alpha value is -3.46. The summed E-state index contributed by atoms with van der Waals surface area (Å²) in [7, 11) is 0. The number of anilines is 1. The van der Waals surface area contributed by atoms with Gasteiger partial charge < -0.3 is 13.6 Å². The minimum absolute atomic E-state index is 0.0594. The second-order valence-corrected chi connectivity index (χ2v) is 9.36. The van der Waals surface area contributed by atoms with E-state index in [2.05, 4.69) is 15.5 Å². The average Bonchev–Trinajstić information content (AvgIpc) is 3.57. The van der Waals surface area contributed by atoms with E-state index in [1.807, 2.05) is 6.92 Å². The lowest BCUT2D eigenvalue weighted by molar-refractivity contribution is -0.122. The Morgan fingerprint density at radius 1 is 1.18 bits per heavy atom. The second-order valence-electron chi connectivity index (χ2n) is 8.35. The zero-order valence-electron chi connectivity index (χ0n) is 18.8. The van der Waals surface area contributed by atoms with Crippen LogP contribution < -0.4 is 15.5 Å². The van der Waals surface area contributed by atoms with Crippen molar-refractivity contribution in [2.45, 2.75) is 57.5 Å². The number of carbonyl (C=O) groups is 1. The molecule has 1 atom stereocenters. The minimum Gasteiger partial charge on any atom is -0.473 e. The van der Waals surface area contributed by atoms with Crippen LogP contribution in [0.2, 0.25) is 0 Å². The highest BCUT2D eigenvalue weighted by Gasteiger charge is 2.27. The number of nitrogens with one attached hydrogen (secondary N) is 1. The molecule has 0 radical (unpaired) electrons. The molecule has 0 aliphatic heterocycles. The van der Waals surface area contributed by atoms with Crippen molar-refractivity contribution in [2.75, 3.05) is 5.32 Å². The number of hydrogen-bond donors (Lipinski definition) is 1. The highest BCUT2D eigenvalue weighted by atomic mass is 32.1. The highest BCUT2D eigenvalue weighted by molar-refractivity contribution is 7.15. The molecule has 1 aliphatic carbocycles. The maximum Gasteiger partial charge on any atom is 0.267 e. The molecule has 1 fully saturated rings. The molecule has 1 aliphatic rings. The maximum atomic E-state index is 13.3. The highest BCUT2D eigenvalue weighted by Crippen LogP contribution is 2.35. The van der Waals surface area contributed by atoms with E-state index in [1.165, 1.54) is 36.9 Å². The van der Waals surface area contributed by atoms with Crippen LogP contribution in [0.15, 0.2) is 56.3 Å². The predicted octanol–water partition coefficient (Wildman–Crippen LogP) is 5.75. The summed E-state index contributed by atoms with van der Waals surface area (Å²) < 4.78 is 17.4. The largest absolute Gasteiger partial charge is 0.473 e. The van der Waals surface area contributed by atoms with Crippen molar-refractivity contribution in [1.29, 1.82) is 0 Å². The molecule has 176 valence electrons. The van der Waals surface area contributed by atoms with Crippen molar-refractivity contribution < 1.29 is 18.4 Å². The van der Waals surface area contributed by atoms with Gasteiger partial charge in [0.2, 0.25) is 22.1 Å². The van der Waals surface area contributed by atoms with E-state index in [0.717, 1.165) is 17.8 Å². The number of rotatable bonds is 7. The first-order chi connectivity index (χ1) is 16.6. The van der Waals surface area contributed by atoms with E-state index in [9.17, 15) is 9.59 Å². The zero-order chi connectivity index (χ0) is 23.5. The van der Waals surface area contributed by atoms with Gasteiger partial charge in [0.05, 0.1) is 11.6 Å². The fourth-order valence-electron chi connectivity index (χ4n) is 4.25. The van der Waals surface area contributed by atoms with Crippen LogP contribution in [-0.4, -0.2) is 22.2 Å². The number of ether oxygens (including phenoxy) is 1. The number of aromatic nitrogens is 2. The Morgan fingerprint density at radius 3 is 2.76 bits per heavy atom. The lowest BCUT2D eigenvalue weighted by atomic mass is 9.90. The van der Waals surface area contributed by atoms with Crippen LogP contribution in [0.25, 0.3) is 22.5 Å². The minimum atomic E-state index is -0.931. The smallest absolute Gasteiger partial charge is 0.267 e. The summed E-state index contributed by atoms with van der Waals surface area (Å²) >= 11 is 1.40. The van der Waals surface area contributed by atoms with Gasteiger partial charge in [0.15, 0.2) is 11.9 Å². The normalized spacial score (nSPS) is 15.3. The molecule has 1 amide bonds. The predicted molar refractivity (Wildman–Crippen MR) is 129 cm³/mol. The Labute approximate surface area is 200 Å².